The van der Waals surface area contributed by atoms with E-state index in [0.717, 1.165) is 69.9 Å². The maximum absolute atomic E-state index is 13.4. The minimum absolute atomic E-state index is 0.210. The summed E-state index contributed by atoms with van der Waals surface area (Å²) in [6.07, 6.45) is 5.14. The number of anilines is 2. The van der Waals surface area contributed by atoms with Crippen LogP contribution in [0.4, 0.5) is 11.4 Å². The molecule has 0 bridgehead atoms. The molecule has 4 aliphatic heterocycles. The second-order valence-electron chi connectivity index (χ2n) is 15.3. The molecule has 1 unspecified atom stereocenters. The van der Waals surface area contributed by atoms with Gasteiger partial charge in [-0.1, -0.05) is 25.1 Å². The number of carbonyl (C=O) groups excluding carboxylic acids is 3. The Bertz CT molecular complexity index is 1810. The highest BCUT2D eigenvalue weighted by atomic mass is 16.5. The van der Waals surface area contributed by atoms with Gasteiger partial charge in [0.1, 0.15) is 17.5 Å². The Hall–Kier alpha value is -4.57. The zero-order chi connectivity index (χ0) is 35.2. The summed E-state index contributed by atoms with van der Waals surface area (Å²) in [6.45, 7) is 9.77. The van der Waals surface area contributed by atoms with Crippen LogP contribution in [0.2, 0.25) is 0 Å². The van der Waals surface area contributed by atoms with Gasteiger partial charge < -0.3 is 24.5 Å². The molecule has 3 fully saturated rings. The number of phenolic OH excluding ortho intramolecular Hbond substituents is 1. The Morgan fingerprint density at radius 2 is 1.55 bits per heavy atom. The SMILES string of the molecule is COc1cc(N2CCN(CC3CCN(c4ccc([C@H]5c6ccc(O)cc6CC[C@H]5C)cc4)CC3)CC2)cc2c1C(=O)N(C1CCC(=O)NC1=O)C2. The molecule has 10 nitrogen and oxygen atoms in total. The maximum atomic E-state index is 13.4. The molecule has 8 rings (SSSR count). The minimum Gasteiger partial charge on any atom is -0.508 e. The second-order valence-corrected chi connectivity index (χ2v) is 15.3. The number of piperazine rings is 1. The van der Waals surface area contributed by atoms with Crippen LogP contribution in [0.25, 0.3) is 0 Å². The van der Waals surface area contributed by atoms with E-state index in [1.54, 1.807) is 12.0 Å². The molecule has 0 spiro atoms. The first-order valence-electron chi connectivity index (χ1n) is 18.7. The number of carbonyl (C=O) groups is 3. The van der Waals surface area contributed by atoms with Crippen molar-refractivity contribution in [3.05, 3.63) is 82.4 Å². The van der Waals surface area contributed by atoms with Crippen LogP contribution in [-0.2, 0) is 22.6 Å². The van der Waals surface area contributed by atoms with Gasteiger partial charge in [-0.15, -0.1) is 0 Å². The number of amides is 3. The highest BCUT2D eigenvalue weighted by Gasteiger charge is 2.41. The van der Waals surface area contributed by atoms with Crippen molar-refractivity contribution in [3.63, 3.8) is 0 Å². The molecule has 10 heteroatoms. The zero-order valence-electron chi connectivity index (χ0n) is 29.8. The van der Waals surface area contributed by atoms with Crippen molar-refractivity contribution < 1.29 is 24.2 Å². The molecule has 5 aliphatic rings. The van der Waals surface area contributed by atoms with Crippen LogP contribution in [0.15, 0.2) is 54.6 Å². The summed E-state index contributed by atoms with van der Waals surface area (Å²) < 4.78 is 5.70. The number of fused-ring (bicyclic) bond motifs is 2. The van der Waals surface area contributed by atoms with E-state index in [1.807, 2.05) is 18.2 Å². The average molecular weight is 692 g/mol. The second kappa shape index (κ2) is 13.9. The van der Waals surface area contributed by atoms with Gasteiger partial charge in [0.05, 0.1) is 12.7 Å². The number of ether oxygens (including phenoxy) is 1. The highest BCUT2D eigenvalue weighted by molar-refractivity contribution is 6.06. The molecular weight excluding hydrogens is 642 g/mol. The Morgan fingerprint density at radius 3 is 2.27 bits per heavy atom. The third kappa shape index (κ3) is 6.54. The first-order chi connectivity index (χ1) is 24.7. The molecule has 1 aliphatic carbocycles. The quantitative estimate of drug-likeness (QED) is 0.337. The number of nitrogens with zero attached hydrogens (tertiary/aromatic N) is 4. The lowest BCUT2D eigenvalue weighted by molar-refractivity contribution is -0.136. The smallest absolute Gasteiger partial charge is 0.258 e. The lowest BCUT2D eigenvalue weighted by atomic mass is 9.72. The summed E-state index contributed by atoms with van der Waals surface area (Å²) in [7, 11) is 1.59. The molecule has 4 heterocycles. The monoisotopic (exact) mass is 691 g/mol. The highest BCUT2D eigenvalue weighted by Crippen LogP contribution is 2.42. The Balaban J connectivity index is 0.838. The molecule has 3 aromatic carbocycles. The Morgan fingerprint density at radius 1 is 0.804 bits per heavy atom. The number of nitrogens with one attached hydrogen (secondary N) is 1. The number of phenols is 1. The van der Waals surface area contributed by atoms with Crippen LogP contribution in [0.3, 0.4) is 0 Å². The fourth-order valence-corrected chi connectivity index (χ4v) is 9.29. The summed E-state index contributed by atoms with van der Waals surface area (Å²) in [4.78, 5) is 46.7. The van der Waals surface area contributed by atoms with Crippen molar-refractivity contribution >= 4 is 29.1 Å². The molecule has 3 atom stereocenters. The molecule has 2 N–H and O–H groups in total. The standard InChI is InChI=1S/C41H49N5O5/c1-26-3-4-29-22-33(47)9-10-34(29)38(26)28-5-7-31(8-6-28)44-15-13-27(14-16-44)24-43-17-19-45(20-18-43)32-21-30-25-46(35-11-12-37(48)42-40(35)49)41(50)39(30)36(23-32)51-2/h5-10,21-23,26-27,35,38,47H,3-4,11-20,24-25H2,1-2H3,(H,42,48,49)/t26-,35?,38+/m1/s1. The van der Waals surface area contributed by atoms with E-state index in [0.29, 0.717) is 47.8 Å². The first-order valence-corrected chi connectivity index (χ1v) is 18.7. The van der Waals surface area contributed by atoms with Crippen LogP contribution >= 0.6 is 0 Å². The summed E-state index contributed by atoms with van der Waals surface area (Å²) in [5.41, 5.74) is 7.77. The van der Waals surface area contributed by atoms with E-state index < -0.39 is 11.9 Å². The Kier molecular flexibility index (Phi) is 9.12. The summed E-state index contributed by atoms with van der Waals surface area (Å²) in [5.74, 6) is 1.64. The number of piperidine rings is 2. The maximum Gasteiger partial charge on any atom is 0.258 e. The van der Waals surface area contributed by atoms with Crippen LogP contribution in [0, 0.1) is 11.8 Å². The number of methoxy groups -OCH3 is 1. The van der Waals surface area contributed by atoms with Gasteiger partial charge in [-0.3, -0.25) is 24.6 Å². The number of aromatic hydroxyl groups is 1. The van der Waals surface area contributed by atoms with Crippen LogP contribution in [-0.4, -0.2) is 91.6 Å². The summed E-state index contributed by atoms with van der Waals surface area (Å²) >= 11 is 0. The van der Waals surface area contributed by atoms with Crippen molar-refractivity contribution in [2.45, 2.75) is 64.0 Å². The van der Waals surface area contributed by atoms with Gasteiger partial charge in [-0.05, 0) is 96.5 Å². The van der Waals surface area contributed by atoms with Crippen molar-refractivity contribution in [2.75, 3.05) is 62.7 Å². The lowest BCUT2D eigenvalue weighted by Crippen LogP contribution is -2.52. The fourth-order valence-electron chi connectivity index (χ4n) is 9.29. The molecule has 268 valence electrons. The number of rotatable bonds is 7. The van der Waals surface area contributed by atoms with Gasteiger partial charge in [-0.25, -0.2) is 0 Å². The number of hydrogen-bond acceptors (Lipinski definition) is 8. The fraction of sp³-hybridized carbons (Fsp3) is 0.488. The van der Waals surface area contributed by atoms with Crippen LogP contribution in [0.5, 0.6) is 11.5 Å². The number of benzene rings is 3. The van der Waals surface area contributed by atoms with Crippen molar-refractivity contribution in [2.24, 2.45) is 11.8 Å². The van der Waals surface area contributed by atoms with Crippen molar-refractivity contribution in [1.82, 2.24) is 15.1 Å². The Labute approximate surface area is 300 Å². The third-order valence-electron chi connectivity index (χ3n) is 12.2. The molecular formula is C41H49N5O5. The molecule has 0 aromatic heterocycles. The summed E-state index contributed by atoms with van der Waals surface area (Å²) in [5, 5.41) is 12.4. The van der Waals surface area contributed by atoms with E-state index in [1.165, 1.54) is 35.2 Å². The lowest BCUT2D eigenvalue weighted by Gasteiger charge is -2.40. The number of imide groups is 1. The first kappa shape index (κ1) is 33.6. The van der Waals surface area contributed by atoms with E-state index in [-0.39, 0.29) is 18.2 Å². The summed E-state index contributed by atoms with van der Waals surface area (Å²) in [6, 6.07) is 18.6. The third-order valence-corrected chi connectivity index (χ3v) is 12.2. The molecule has 3 saturated heterocycles. The van der Waals surface area contributed by atoms with E-state index >= 15 is 0 Å². The predicted octanol–water partition coefficient (Wildman–Crippen LogP) is 4.91. The van der Waals surface area contributed by atoms with E-state index in [9.17, 15) is 19.5 Å². The number of hydrogen-bond donors (Lipinski definition) is 2. The topological polar surface area (TPSA) is 106 Å². The average Bonchev–Trinajstić information content (AvgIpc) is 3.47. The van der Waals surface area contributed by atoms with Crippen molar-refractivity contribution in [1.29, 1.82) is 0 Å². The zero-order valence-corrected chi connectivity index (χ0v) is 29.8. The van der Waals surface area contributed by atoms with Gasteiger partial charge in [0.15, 0.2) is 0 Å². The molecule has 51 heavy (non-hydrogen) atoms. The van der Waals surface area contributed by atoms with Crippen molar-refractivity contribution in [3.8, 4) is 11.5 Å². The van der Waals surface area contributed by atoms with Gasteiger partial charge >= 0.3 is 0 Å². The number of aryl methyl sites for hydroxylation is 1. The predicted molar refractivity (Wildman–Crippen MR) is 197 cm³/mol. The molecule has 3 amide bonds. The van der Waals surface area contributed by atoms with Gasteiger partial charge in [0, 0.05) is 82.1 Å². The van der Waals surface area contributed by atoms with Crippen LogP contribution < -0.4 is 19.9 Å². The van der Waals surface area contributed by atoms with Gasteiger partial charge in [0.25, 0.3) is 5.91 Å². The van der Waals surface area contributed by atoms with Crippen LogP contribution in [0.1, 0.15) is 77.6 Å². The normalized spacial score (nSPS) is 24.4. The molecule has 3 aromatic rings. The largest absolute Gasteiger partial charge is 0.508 e. The van der Waals surface area contributed by atoms with E-state index in [4.69, 9.17) is 4.74 Å². The van der Waals surface area contributed by atoms with E-state index in [2.05, 4.69) is 63.3 Å². The minimum atomic E-state index is -0.641. The molecule has 0 radical (unpaired) electrons. The van der Waals surface area contributed by atoms with Gasteiger partial charge in [-0.2, -0.15) is 0 Å². The molecule has 0 saturated carbocycles. The van der Waals surface area contributed by atoms with Gasteiger partial charge in [0.2, 0.25) is 11.8 Å².